The molecule has 1 aromatic carbocycles. The lowest BCUT2D eigenvalue weighted by Crippen LogP contribution is -2.24. The summed E-state index contributed by atoms with van der Waals surface area (Å²) in [5.41, 5.74) is 0.818. The molecule has 20 heavy (non-hydrogen) atoms. The van der Waals surface area contributed by atoms with Gasteiger partial charge in [0.15, 0.2) is 5.13 Å². The summed E-state index contributed by atoms with van der Waals surface area (Å²) in [6.45, 7) is 0. The molecular formula is C15H18N2O2S. The molecule has 0 unspecified atom stereocenters. The van der Waals surface area contributed by atoms with E-state index in [1.54, 1.807) is 7.11 Å². The van der Waals surface area contributed by atoms with Gasteiger partial charge in [-0.25, -0.2) is 4.98 Å². The molecule has 1 heterocycles. The molecular weight excluding hydrogens is 272 g/mol. The van der Waals surface area contributed by atoms with Gasteiger partial charge in [0.2, 0.25) is 5.91 Å². The number of fused-ring (bicyclic) bond motifs is 1. The number of methoxy groups -OCH3 is 1. The van der Waals surface area contributed by atoms with Crippen molar-refractivity contribution in [1.82, 2.24) is 4.98 Å². The maximum Gasteiger partial charge on any atom is 0.229 e. The summed E-state index contributed by atoms with van der Waals surface area (Å²) in [5, 5.41) is 3.63. The summed E-state index contributed by atoms with van der Waals surface area (Å²) in [4.78, 5) is 16.7. The molecule has 106 valence electrons. The SMILES string of the molecule is COc1cccc2sc(NC(=O)C3CCCCC3)nc12. The first-order chi connectivity index (χ1) is 9.78. The van der Waals surface area contributed by atoms with Crippen molar-refractivity contribution in [2.75, 3.05) is 12.4 Å². The minimum Gasteiger partial charge on any atom is -0.494 e. The molecule has 5 heteroatoms. The molecule has 1 amide bonds. The number of hydrogen-bond donors (Lipinski definition) is 1. The van der Waals surface area contributed by atoms with E-state index in [2.05, 4.69) is 10.3 Å². The first-order valence-electron chi connectivity index (χ1n) is 7.02. The number of rotatable bonds is 3. The maximum atomic E-state index is 12.2. The normalized spacial score (nSPS) is 16.2. The van der Waals surface area contributed by atoms with Gasteiger partial charge in [0.05, 0.1) is 11.8 Å². The van der Waals surface area contributed by atoms with E-state index in [1.165, 1.54) is 17.8 Å². The van der Waals surface area contributed by atoms with Gasteiger partial charge >= 0.3 is 0 Å². The molecule has 1 aliphatic rings. The van der Waals surface area contributed by atoms with Gasteiger partial charge < -0.3 is 10.1 Å². The molecule has 1 aromatic heterocycles. The lowest BCUT2D eigenvalue weighted by atomic mass is 9.89. The fourth-order valence-electron chi connectivity index (χ4n) is 2.71. The van der Waals surface area contributed by atoms with E-state index >= 15 is 0 Å². The molecule has 0 radical (unpaired) electrons. The number of carbonyl (C=O) groups excluding carboxylic acids is 1. The van der Waals surface area contributed by atoms with Crippen molar-refractivity contribution in [1.29, 1.82) is 0 Å². The third-order valence-corrected chi connectivity index (χ3v) is 4.74. The zero-order chi connectivity index (χ0) is 13.9. The topological polar surface area (TPSA) is 51.2 Å². The van der Waals surface area contributed by atoms with Crippen molar-refractivity contribution < 1.29 is 9.53 Å². The fraction of sp³-hybridized carbons (Fsp3) is 0.467. The molecule has 3 rings (SSSR count). The zero-order valence-corrected chi connectivity index (χ0v) is 12.3. The largest absolute Gasteiger partial charge is 0.494 e. The smallest absolute Gasteiger partial charge is 0.229 e. The van der Waals surface area contributed by atoms with Crippen LogP contribution in [0.2, 0.25) is 0 Å². The molecule has 0 bridgehead atoms. The molecule has 0 spiro atoms. The second kappa shape index (κ2) is 5.79. The average molecular weight is 290 g/mol. The van der Waals surface area contributed by atoms with E-state index in [0.717, 1.165) is 41.6 Å². The number of para-hydroxylation sites is 1. The van der Waals surface area contributed by atoms with Crippen LogP contribution in [0.1, 0.15) is 32.1 Å². The second-order valence-electron chi connectivity index (χ2n) is 5.15. The van der Waals surface area contributed by atoms with Gasteiger partial charge in [-0.1, -0.05) is 36.7 Å². The second-order valence-corrected chi connectivity index (χ2v) is 6.18. The first kappa shape index (κ1) is 13.4. The summed E-state index contributed by atoms with van der Waals surface area (Å²) in [6.07, 6.45) is 5.57. The Morgan fingerprint density at radius 2 is 2.15 bits per heavy atom. The number of nitrogens with one attached hydrogen (secondary N) is 1. The van der Waals surface area contributed by atoms with Crippen LogP contribution in [-0.4, -0.2) is 18.0 Å². The molecule has 0 aliphatic heterocycles. The average Bonchev–Trinajstić information content (AvgIpc) is 2.90. The van der Waals surface area contributed by atoms with Crippen LogP contribution in [0.3, 0.4) is 0 Å². The number of carbonyl (C=O) groups is 1. The first-order valence-corrected chi connectivity index (χ1v) is 7.84. The van der Waals surface area contributed by atoms with Crippen LogP contribution in [-0.2, 0) is 4.79 Å². The van der Waals surface area contributed by atoms with Crippen molar-refractivity contribution in [3.05, 3.63) is 18.2 Å². The lowest BCUT2D eigenvalue weighted by Gasteiger charge is -2.19. The highest BCUT2D eigenvalue weighted by molar-refractivity contribution is 7.22. The van der Waals surface area contributed by atoms with E-state index in [9.17, 15) is 4.79 Å². The molecule has 4 nitrogen and oxygen atoms in total. The Labute approximate surface area is 122 Å². The summed E-state index contributed by atoms with van der Waals surface area (Å²) in [7, 11) is 1.63. The Morgan fingerprint density at radius 1 is 1.35 bits per heavy atom. The quantitative estimate of drug-likeness (QED) is 0.934. The summed E-state index contributed by atoms with van der Waals surface area (Å²) in [5.74, 6) is 1.01. The fourth-order valence-corrected chi connectivity index (χ4v) is 3.60. The Kier molecular flexibility index (Phi) is 3.87. The van der Waals surface area contributed by atoms with Crippen LogP contribution >= 0.6 is 11.3 Å². The number of thiazole rings is 1. The van der Waals surface area contributed by atoms with Crippen molar-refractivity contribution in [2.24, 2.45) is 5.92 Å². The number of anilines is 1. The number of amides is 1. The van der Waals surface area contributed by atoms with Crippen LogP contribution in [0, 0.1) is 5.92 Å². The molecule has 1 fully saturated rings. The lowest BCUT2D eigenvalue weighted by molar-refractivity contribution is -0.120. The van der Waals surface area contributed by atoms with Crippen LogP contribution in [0.4, 0.5) is 5.13 Å². The van der Waals surface area contributed by atoms with Crippen molar-refractivity contribution in [3.8, 4) is 5.75 Å². The highest BCUT2D eigenvalue weighted by atomic mass is 32.1. The summed E-state index contributed by atoms with van der Waals surface area (Å²) in [6, 6.07) is 5.81. The Balaban J connectivity index is 1.78. The Hall–Kier alpha value is -1.62. The van der Waals surface area contributed by atoms with E-state index in [1.807, 2.05) is 18.2 Å². The van der Waals surface area contributed by atoms with Crippen LogP contribution in [0.5, 0.6) is 5.75 Å². The van der Waals surface area contributed by atoms with Crippen LogP contribution < -0.4 is 10.1 Å². The minimum absolute atomic E-state index is 0.114. The van der Waals surface area contributed by atoms with E-state index in [0.29, 0.717) is 5.13 Å². The van der Waals surface area contributed by atoms with Crippen LogP contribution in [0.25, 0.3) is 10.2 Å². The molecule has 1 aliphatic carbocycles. The highest BCUT2D eigenvalue weighted by Crippen LogP contribution is 2.33. The van der Waals surface area contributed by atoms with Gasteiger partial charge in [-0.05, 0) is 25.0 Å². The van der Waals surface area contributed by atoms with Gasteiger partial charge in [0.25, 0.3) is 0 Å². The Morgan fingerprint density at radius 3 is 2.90 bits per heavy atom. The monoisotopic (exact) mass is 290 g/mol. The van der Waals surface area contributed by atoms with E-state index in [4.69, 9.17) is 4.74 Å². The molecule has 2 aromatic rings. The number of ether oxygens (including phenoxy) is 1. The van der Waals surface area contributed by atoms with Gasteiger partial charge in [-0.3, -0.25) is 4.79 Å². The maximum absolute atomic E-state index is 12.2. The Bertz CT molecular complexity index is 617. The third kappa shape index (κ3) is 2.63. The highest BCUT2D eigenvalue weighted by Gasteiger charge is 2.22. The number of benzene rings is 1. The predicted molar refractivity (Wildman–Crippen MR) is 81.4 cm³/mol. The zero-order valence-electron chi connectivity index (χ0n) is 11.5. The standard InChI is InChI=1S/C15H18N2O2S/c1-19-11-8-5-9-12-13(11)16-15(20-12)17-14(18)10-6-3-2-4-7-10/h5,8-10H,2-4,6-7H2,1H3,(H,16,17,18). The van der Waals surface area contributed by atoms with Gasteiger partial charge in [-0.15, -0.1) is 0 Å². The predicted octanol–water partition coefficient (Wildman–Crippen LogP) is 3.82. The molecule has 1 saturated carbocycles. The van der Waals surface area contributed by atoms with Crippen molar-refractivity contribution >= 4 is 32.6 Å². The van der Waals surface area contributed by atoms with Gasteiger partial charge in [0, 0.05) is 5.92 Å². The summed E-state index contributed by atoms with van der Waals surface area (Å²) >= 11 is 1.50. The van der Waals surface area contributed by atoms with Crippen LogP contribution in [0.15, 0.2) is 18.2 Å². The third-order valence-electron chi connectivity index (χ3n) is 3.81. The number of nitrogens with zero attached hydrogens (tertiary/aromatic N) is 1. The summed E-state index contributed by atoms with van der Waals surface area (Å²) < 4.78 is 6.32. The van der Waals surface area contributed by atoms with Crippen molar-refractivity contribution in [3.63, 3.8) is 0 Å². The molecule has 0 saturated heterocycles. The van der Waals surface area contributed by atoms with Gasteiger partial charge in [-0.2, -0.15) is 0 Å². The number of hydrogen-bond acceptors (Lipinski definition) is 4. The van der Waals surface area contributed by atoms with E-state index < -0.39 is 0 Å². The minimum atomic E-state index is 0.114. The molecule has 1 N–H and O–H groups in total. The van der Waals surface area contributed by atoms with Crippen molar-refractivity contribution in [2.45, 2.75) is 32.1 Å². The molecule has 0 atom stereocenters. The number of aromatic nitrogens is 1. The van der Waals surface area contributed by atoms with E-state index in [-0.39, 0.29) is 11.8 Å². The van der Waals surface area contributed by atoms with Gasteiger partial charge in [0.1, 0.15) is 11.3 Å².